The summed E-state index contributed by atoms with van der Waals surface area (Å²) in [4.78, 5) is 0. The van der Waals surface area contributed by atoms with Crippen LogP contribution in [0.4, 0.5) is 5.69 Å². The van der Waals surface area contributed by atoms with Gasteiger partial charge in [-0.2, -0.15) is 0 Å². The summed E-state index contributed by atoms with van der Waals surface area (Å²) >= 11 is 3.48. The van der Waals surface area contributed by atoms with E-state index < -0.39 is 0 Å². The lowest BCUT2D eigenvalue weighted by Crippen LogP contribution is -2.07. The molecule has 20 heavy (non-hydrogen) atoms. The molecule has 0 fully saturated rings. The van der Waals surface area contributed by atoms with Crippen molar-refractivity contribution in [2.24, 2.45) is 0 Å². The minimum absolute atomic E-state index is 0.0377. The second kappa shape index (κ2) is 6.77. The Morgan fingerprint density at radius 1 is 1.25 bits per heavy atom. The summed E-state index contributed by atoms with van der Waals surface area (Å²) in [5.41, 5.74) is 2.93. The largest absolute Gasteiger partial charge is 0.496 e. The first kappa shape index (κ1) is 14.9. The molecule has 3 nitrogen and oxygen atoms in total. The van der Waals surface area contributed by atoms with Crippen LogP contribution in [-0.4, -0.2) is 12.2 Å². The summed E-state index contributed by atoms with van der Waals surface area (Å²) < 4.78 is 6.27. The summed E-state index contributed by atoms with van der Waals surface area (Å²) in [6.45, 7) is 2.06. The van der Waals surface area contributed by atoms with Crippen LogP contribution in [0.3, 0.4) is 0 Å². The molecule has 2 N–H and O–H groups in total. The third-order valence-corrected chi connectivity index (χ3v) is 3.68. The Morgan fingerprint density at radius 3 is 2.70 bits per heavy atom. The maximum atomic E-state index is 9.35. The van der Waals surface area contributed by atoms with Crippen molar-refractivity contribution in [1.82, 2.24) is 0 Å². The number of hydrogen-bond acceptors (Lipinski definition) is 3. The molecule has 4 heteroatoms. The summed E-state index contributed by atoms with van der Waals surface area (Å²) in [5, 5.41) is 12.8. The zero-order valence-electron chi connectivity index (χ0n) is 11.6. The monoisotopic (exact) mass is 335 g/mol. The lowest BCUT2D eigenvalue weighted by atomic mass is 10.1. The van der Waals surface area contributed by atoms with Gasteiger partial charge in [-0.1, -0.05) is 28.1 Å². The number of hydrogen-bond donors (Lipinski definition) is 2. The van der Waals surface area contributed by atoms with Crippen molar-refractivity contribution >= 4 is 21.6 Å². The summed E-state index contributed by atoms with van der Waals surface area (Å²) in [6.07, 6.45) is 0. The van der Waals surface area contributed by atoms with Gasteiger partial charge in [-0.05, 0) is 42.8 Å². The number of benzene rings is 2. The Kier molecular flexibility index (Phi) is 5.04. The zero-order valence-corrected chi connectivity index (χ0v) is 13.1. The Labute approximate surface area is 127 Å². The lowest BCUT2D eigenvalue weighted by molar-refractivity contribution is 0.274. The molecule has 2 aromatic rings. The van der Waals surface area contributed by atoms with Crippen molar-refractivity contribution in [3.63, 3.8) is 0 Å². The van der Waals surface area contributed by atoms with Gasteiger partial charge in [-0.3, -0.25) is 0 Å². The van der Waals surface area contributed by atoms with Gasteiger partial charge in [0.05, 0.1) is 13.7 Å². The van der Waals surface area contributed by atoms with Gasteiger partial charge in [-0.15, -0.1) is 0 Å². The molecular formula is C16H18BrNO2. The summed E-state index contributed by atoms with van der Waals surface area (Å²) in [5.74, 6) is 0.702. The Hall–Kier alpha value is -1.52. The molecule has 0 bridgehead atoms. The Morgan fingerprint density at radius 2 is 2.05 bits per heavy atom. The van der Waals surface area contributed by atoms with Crippen LogP contribution in [0.1, 0.15) is 24.1 Å². The first-order valence-corrected chi connectivity index (χ1v) is 7.23. The second-order valence-corrected chi connectivity index (χ2v) is 5.52. The van der Waals surface area contributed by atoms with E-state index >= 15 is 0 Å². The fourth-order valence-corrected chi connectivity index (χ4v) is 2.52. The number of aliphatic hydroxyl groups excluding tert-OH is 1. The molecule has 0 saturated carbocycles. The molecule has 0 aliphatic heterocycles. The fraction of sp³-hybridized carbons (Fsp3) is 0.250. The van der Waals surface area contributed by atoms with Crippen LogP contribution in [0.5, 0.6) is 5.75 Å². The predicted molar refractivity (Wildman–Crippen MR) is 85.1 cm³/mol. The van der Waals surface area contributed by atoms with Crippen LogP contribution in [0.25, 0.3) is 0 Å². The topological polar surface area (TPSA) is 41.5 Å². The molecule has 1 unspecified atom stereocenters. The lowest BCUT2D eigenvalue weighted by Gasteiger charge is -2.17. The molecule has 0 aliphatic rings. The fourth-order valence-electron chi connectivity index (χ4n) is 2.10. The van der Waals surface area contributed by atoms with E-state index in [4.69, 9.17) is 4.74 Å². The van der Waals surface area contributed by atoms with Crippen molar-refractivity contribution in [3.05, 3.63) is 58.1 Å². The van der Waals surface area contributed by atoms with Crippen LogP contribution >= 0.6 is 15.9 Å². The van der Waals surface area contributed by atoms with Gasteiger partial charge in [0, 0.05) is 21.8 Å². The van der Waals surface area contributed by atoms with E-state index in [0.717, 1.165) is 15.7 Å². The van der Waals surface area contributed by atoms with E-state index in [9.17, 15) is 5.11 Å². The highest BCUT2D eigenvalue weighted by atomic mass is 79.9. The molecule has 0 radical (unpaired) electrons. The van der Waals surface area contributed by atoms with E-state index in [1.54, 1.807) is 7.11 Å². The number of halogens is 1. The Balaban J connectivity index is 2.17. The molecular weight excluding hydrogens is 318 g/mol. The van der Waals surface area contributed by atoms with Gasteiger partial charge < -0.3 is 15.2 Å². The number of aliphatic hydroxyl groups is 1. The standard InChI is InChI=1S/C16H18BrNO2/c1-11(12-4-3-5-14(17)8-12)18-15-6-7-16(20-2)13(9-15)10-19/h3-9,11,18-19H,10H2,1-2H3. The normalized spacial score (nSPS) is 12.0. The van der Waals surface area contributed by atoms with Crippen molar-refractivity contribution in [2.75, 3.05) is 12.4 Å². The average Bonchev–Trinajstić information content (AvgIpc) is 2.47. The average molecular weight is 336 g/mol. The van der Waals surface area contributed by atoms with Crippen LogP contribution < -0.4 is 10.1 Å². The zero-order chi connectivity index (χ0) is 14.5. The predicted octanol–water partition coefficient (Wildman–Crippen LogP) is 4.12. The van der Waals surface area contributed by atoms with Gasteiger partial charge in [0.15, 0.2) is 0 Å². The van der Waals surface area contributed by atoms with E-state index in [0.29, 0.717) is 5.75 Å². The van der Waals surface area contributed by atoms with E-state index in [1.807, 2.05) is 30.3 Å². The first-order chi connectivity index (χ1) is 9.63. The van der Waals surface area contributed by atoms with Gasteiger partial charge >= 0.3 is 0 Å². The minimum Gasteiger partial charge on any atom is -0.496 e. The van der Waals surface area contributed by atoms with E-state index in [1.165, 1.54) is 5.56 Å². The summed E-state index contributed by atoms with van der Waals surface area (Å²) in [6, 6.07) is 14.1. The molecule has 0 amide bonds. The number of ether oxygens (including phenoxy) is 1. The van der Waals surface area contributed by atoms with Crippen LogP contribution in [0.15, 0.2) is 46.9 Å². The van der Waals surface area contributed by atoms with Crippen LogP contribution in [-0.2, 0) is 6.61 Å². The maximum Gasteiger partial charge on any atom is 0.124 e. The molecule has 106 valence electrons. The molecule has 0 aliphatic carbocycles. The molecule has 2 rings (SSSR count). The van der Waals surface area contributed by atoms with Gasteiger partial charge in [0.1, 0.15) is 5.75 Å². The van der Waals surface area contributed by atoms with Crippen molar-refractivity contribution in [3.8, 4) is 5.75 Å². The van der Waals surface area contributed by atoms with Crippen LogP contribution in [0.2, 0.25) is 0 Å². The maximum absolute atomic E-state index is 9.35. The highest BCUT2D eigenvalue weighted by Gasteiger charge is 2.08. The van der Waals surface area contributed by atoms with Gasteiger partial charge in [0.2, 0.25) is 0 Å². The second-order valence-electron chi connectivity index (χ2n) is 4.61. The molecule has 1 atom stereocenters. The third-order valence-electron chi connectivity index (χ3n) is 3.18. The molecule has 0 heterocycles. The number of methoxy groups -OCH3 is 1. The van der Waals surface area contributed by atoms with Crippen molar-refractivity contribution in [2.45, 2.75) is 19.6 Å². The van der Waals surface area contributed by atoms with Gasteiger partial charge in [0.25, 0.3) is 0 Å². The van der Waals surface area contributed by atoms with Crippen molar-refractivity contribution < 1.29 is 9.84 Å². The van der Waals surface area contributed by atoms with E-state index in [-0.39, 0.29) is 12.6 Å². The molecule has 2 aromatic carbocycles. The number of nitrogens with one attached hydrogen (secondary N) is 1. The molecule has 0 spiro atoms. The summed E-state index contributed by atoms with van der Waals surface area (Å²) in [7, 11) is 1.60. The smallest absolute Gasteiger partial charge is 0.124 e. The number of rotatable bonds is 5. The third kappa shape index (κ3) is 3.52. The molecule has 0 aromatic heterocycles. The number of anilines is 1. The molecule has 0 saturated heterocycles. The Bertz CT molecular complexity index is 586. The highest BCUT2D eigenvalue weighted by molar-refractivity contribution is 9.10. The van der Waals surface area contributed by atoms with Crippen LogP contribution in [0, 0.1) is 0 Å². The van der Waals surface area contributed by atoms with E-state index in [2.05, 4.69) is 40.3 Å². The quantitative estimate of drug-likeness (QED) is 0.863. The first-order valence-electron chi connectivity index (χ1n) is 6.44. The van der Waals surface area contributed by atoms with Crippen molar-refractivity contribution in [1.29, 1.82) is 0 Å². The minimum atomic E-state index is -0.0377. The SMILES string of the molecule is COc1ccc(NC(C)c2cccc(Br)c2)cc1CO. The highest BCUT2D eigenvalue weighted by Crippen LogP contribution is 2.26. The van der Waals surface area contributed by atoms with Gasteiger partial charge in [-0.25, -0.2) is 0 Å².